The summed E-state index contributed by atoms with van der Waals surface area (Å²) in [4.78, 5) is 25.5. The number of benzene rings is 2. The van der Waals surface area contributed by atoms with Crippen molar-refractivity contribution >= 4 is 17.5 Å². The summed E-state index contributed by atoms with van der Waals surface area (Å²) in [6.07, 6.45) is 7.89. The number of ether oxygens (including phenoxy) is 3. The lowest BCUT2D eigenvalue weighted by molar-refractivity contribution is -0.118. The lowest BCUT2D eigenvalue weighted by Crippen LogP contribution is -2.55. The third-order valence-electron chi connectivity index (χ3n) is 8.51. The first-order valence-corrected chi connectivity index (χ1v) is 12.9. The van der Waals surface area contributed by atoms with Crippen molar-refractivity contribution in [2.24, 2.45) is 23.2 Å². The summed E-state index contributed by atoms with van der Waals surface area (Å²) in [5, 5.41) is 6.08. The van der Waals surface area contributed by atoms with Crippen molar-refractivity contribution in [1.82, 2.24) is 5.32 Å². The van der Waals surface area contributed by atoms with Crippen LogP contribution in [0.25, 0.3) is 0 Å². The minimum absolute atomic E-state index is 0.0969. The first-order chi connectivity index (χ1) is 17.4. The van der Waals surface area contributed by atoms with Gasteiger partial charge in [0, 0.05) is 17.3 Å². The van der Waals surface area contributed by atoms with Gasteiger partial charge in [-0.1, -0.05) is 0 Å². The van der Waals surface area contributed by atoms with Gasteiger partial charge in [-0.15, -0.1) is 0 Å². The van der Waals surface area contributed by atoms with Gasteiger partial charge in [0.2, 0.25) is 0 Å². The zero-order valence-corrected chi connectivity index (χ0v) is 21.3. The molecule has 1 unspecified atom stereocenters. The van der Waals surface area contributed by atoms with Crippen molar-refractivity contribution in [2.45, 2.75) is 51.5 Å². The molecule has 0 spiro atoms. The Labute approximate surface area is 212 Å². The second-order valence-electron chi connectivity index (χ2n) is 10.9. The zero-order chi connectivity index (χ0) is 25.3. The normalized spacial score (nSPS) is 26.7. The molecule has 36 heavy (non-hydrogen) atoms. The van der Waals surface area contributed by atoms with Crippen molar-refractivity contribution < 1.29 is 23.8 Å². The molecule has 4 aliphatic carbocycles. The molecule has 2 aromatic rings. The van der Waals surface area contributed by atoms with Gasteiger partial charge in [0.1, 0.15) is 5.75 Å². The van der Waals surface area contributed by atoms with Crippen LogP contribution in [0.15, 0.2) is 42.5 Å². The molecule has 0 heterocycles. The SMILES string of the molecule is COc1ccc(NC(=O)COc2ccc(C(=O)NC(C)C34CC5CC(CC(C5)C3)C4)cc2OC)cc1. The number of anilines is 1. The van der Waals surface area contributed by atoms with Crippen LogP contribution in [0.2, 0.25) is 0 Å². The number of carbonyl (C=O) groups is 2. The first kappa shape index (κ1) is 24.5. The molecule has 4 saturated carbocycles. The molecule has 4 aliphatic rings. The van der Waals surface area contributed by atoms with Crippen LogP contribution in [0.1, 0.15) is 55.8 Å². The standard InChI is InChI=1S/C29H36N2O5/c1-18(29-14-19-10-20(15-29)12-21(11-19)16-29)30-28(33)22-4-9-25(26(13-22)35-3)36-17-27(32)31-23-5-7-24(34-2)8-6-23/h4-9,13,18-21H,10-12,14-17H2,1-3H3,(H,30,33)(H,31,32). The summed E-state index contributed by atoms with van der Waals surface area (Å²) in [6.45, 7) is 2.00. The van der Waals surface area contributed by atoms with E-state index in [1.165, 1.54) is 45.6 Å². The molecule has 2 aromatic carbocycles. The Hall–Kier alpha value is -3.22. The molecule has 2 N–H and O–H groups in total. The van der Waals surface area contributed by atoms with Crippen LogP contribution in [-0.2, 0) is 4.79 Å². The number of methoxy groups -OCH3 is 2. The monoisotopic (exact) mass is 492 g/mol. The molecule has 1 atom stereocenters. The second kappa shape index (κ2) is 10.0. The summed E-state index contributed by atoms with van der Waals surface area (Å²) in [5.74, 6) is 3.67. The van der Waals surface area contributed by atoms with Crippen LogP contribution in [-0.4, -0.2) is 38.7 Å². The quantitative estimate of drug-likeness (QED) is 0.511. The highest BCUT2D eigenvalue weighted by Gasteiger charge is 2.53. The molecular formula is C29H36N2O5. The van der Waals surface area contributed by atoms with Gasteiger partial charge in [-0.3, -0.25) is 9.59 Å². The fourth-order valence-corrected chi connectivity index (χ4v) is 7.08. The van der Waals surface area contributed by atoms with E-state index in [0.29, 0.717) is 28.5 Å². The molecule has 192 valence electrons. The number of nitrogens with one attached hydrogen (secondary N) is 2. The van der Waals surface area contributed by atoms with Gasteiger partial charge in [0.05, 0.1) is 14.2 Å². The zero-order valence-electron chi connectivity index (χ0n) is 21.3. The maximum absolute atomic E-state index is 13.2. The smallest absolute Gasteiger partial charge is 0.262 e. The van der Waals surface area contributed by atoms with E-state index in [-0.39, 0.29) is 29.9 Å². The van der Waals surface area contributed by atoms with Gasteiger partial charge in [-0.25, -0.2) is 0 Å². The van der Waals surface area contributed by atoms with Gasteiger partial charge in [0.25, 0.3) is 11.8 Å². The molecule has 0 aromatic heterocycles. The predicted octanol–water partition coefficient (Wildman–Crippen LogP) is 5.06. The molecule has 2 amide bonds. The molecular weight excluding hydrogens is 456 g/mol. The maximum atomic E-state index is 13.2. The van der Waals surface area contributed by atoms with Crippen LogP contribution in [0, 0.1) is 23.2 Å². The molecule has 0 aliphatic heterocycles. The van der Waals surface area contributed by atoms with Gasteiger partial charge in [0.15, 0.2) is 18.1 Å². The highest BCUT2D eigenvalue weighted by molar-refractivity contribution is 5.95. The van der Waals surface area contributed by atoms with Crippen molar-refractivity contribution in [3.63, 3.8) is 0 Å². The average molecular weight is 493 g/mol. The third-order valence-corrected chi connectivity index (χ3v) is 8.51. The molecule has 0 radical (unpaired) electrons. The number of carbonyl (C=O) groups excluding carboxylic acids is 2. The lowest BCUT2D eigenvalue weighted by Gasteiger charge is -2.59. The number of amides is 2. The topological polar surface area (TPSA) is 85.9 Å². The van der Waals surface area contributed by atoms with Gasteiger partial charge >= 0.3 is 0 Å². The van der Waals surface area contributed by atoms with E-state index in [2.05, 4.69) is 17.6 Å². The van der Waals surface area contributed by atoms with E-state index in [1.807, 2.05) is 0 Å². The van der Waals surface area contributed by atoms with Gasteiger partial charge in [-0.05, 0) is 111 Å². The Morgan fingerprint density at radius 3 is 2.14 bits per heavy atom. The summed E-state index contributed by atoms with van der Waals surface area (Å²) < 4.78 is 16.3. The summed E-state index contributed by atoms with van der Waals surface area (Å²) >= 11 is 0. The van der Waals surface area contributed by atoms with Crippen molar-refractivity contribution in [3.8, 4) is 17.2 Å². The number of rotatable bonds is 9. The molecule has 4 bridgehead atoms. The van der Waals surface area contributed by atoms with Gasteiger partial charge < -0.3 is 24.8 Å². The number of hydrogen-bond acceptors (Lipinski definition) is 5. The lowest BCUT2D eigenvalue weighted by atomic mass is 9.48. The van der Waals surface area contributed by atoms with Crippen molar-refractivity contribution in [2.75, 3.05) is 26.1 Å². The molecule has 0 saturated heterocycles. The summed E-state index contributed by atoms with van der Waals surface area (Å²) in [7, 11) is 3.12. The van der Waals surface area contributed by atoms with Crippen LogP contribution < -0.4 is 24.8 Å². The molecule has 6 rings (SSSR count). The molecule has 4 fully saturated rings. The third kappa shape index (κ3) is 5.01. The van der Waals surface area contributed by atoms with E-state index in [1.54, 1.807) is 49.6 Å². The fraction of sp³-hybridized carbons (Fsp3) is 0.517. The van der Waals surface area contributed by atoms with Crippen molar-refractivity contribution in [3.05, 3.63) is 48.0 Å². The number of hydrogen-bond donors (Lipinski definition) is 2. The Bertz CT molecular complexity index is 1080. The fourth-order valence-electron chi connectivity index (χ4n) is 7.08. The highest BCUT2D eigenvalue weighted by Crippen LogP contribution is 2.61. The Balaban J connectivity index is 1.18. The van der Waals surface area contributed by atoms with Crippen LogP contribution in [0.4, 0.5) is 5.69 Å². The summed E-state index contributed by atoms with van der Waals surface area (Å²) in [6, 6.07) is 12.3. The Morgan fingerprint density at radius 1 is 0.917 bits per heavy atom. The van der Waals surface area contributed by atoms with E-state index < -0.39 is 0 Å². The van der Waals surface area contributed by atoms with E-state index >= 15 is 0 Å². The van der Waals surface area contributed by atoms with E-state index in [4.69, 9.17) is 14.2 Å². The minimum Gasteiger partial charge on any atom is -0.497 e. The highest BCUT2D eigenvalue weighted by atomic mass is 16.5. The molecule has 7 nitrogen and oxygen atoms in total. The Kier molecular flexibility index (Phi) is 6.82. The molecule has 7 heteroatoms. The average Bonchev–Trinajstić information content (AvgIpc) is 2.87. The van der Waals surface area contributed by atoms with E-state index in [9.17, 15) is 9.59 Å². The predicted molar refractivity (Wildman–Crippen MR) is 138 cm³/mol. The van der Waals surface area contributed by atoms with Crippen molar-refractivity contribution in [1.29, 1.82) is 0 Å². The summed E-state index contributed by atoms with van der Waals surface area (Å²) in [5.41, 5.74) is 1.42. The van der Waals surface area contributed by atoms with Gasteiger partial charge in [-0.2, -0.15) is 0 Å². The second-order valence-corrected chi connectivity index (χ2v) is 10.9. The van der Waals surface area contributed by atoms with E-state index in [0.717, 1.165) is 17.8 Å². The van der Waals surface area contributed by atoms with Crippen LogP contribution in [0.3, 0.4) is 0 Å². The largest absolute Gasteiger partial charge is 0.497 e. The van der Waals surface area contributed by atoms with Crippen LogP contribution in [0.5, 0.6) is 17.2 Å². The van der Waals surface area contributed by atoms with Crippen LogP contribution >= 0.6 is 0 Å². The first-order valence-electron chi connectivity index (χ1n) is 12.9. The minimum atomic E-state index is -0.298. The maximum Gasteiger partial charge on any atom is 0.262 e. The Morgan fingerprint density at radius 2 is 1.56 bits per heavy atom.